The Kier molecular flexibility index (Phi) is 6.34. The lowest BCUT2D eigenvalue weighted by Crippen LogP contribution is -1.89. The molecule has 3 aromatic heterocycles. The van der Waals surface area contributed by atoms with Crippen LogP contribution in [0.25, 0.3) is 120 Å². The topological polar surface area (TPSA) is 38.9 Å². The maximum atomic E-state index is 6.78. The minimum atomic E-state index is 0.873. The van der Waals surface area contributed by atoms with Crippen LogP contribution in [0, 0.1) is 0 Å². The van der Waals surface area contributed by atoms with Gasteiger partial charge in [-0.15, -0.1) is 0 Å². The largest absolute Gasteiger partial charge is 0.455 e. The molecule has 0 N–H and O–H groups in total. The Morgan fingerprint density at radius 1 is 0.345 bits per heavy atom. The molecular formula is C52H30N2O. The first kappa shape index (κ1) is 30.1. The molecule has 0 fully saturated rings. The summed E-state index contributed by atoms with van der Waals surface area (Å²) in [5.74, 6) is 0. The summed E-state index contributed by atoms with van der Waals surface area (Å²) in [4.78, 5) is 9.77. The molecule has 0 saturated carbocycles. The fourth-order valence-corrected chi connectivity index (χ4v) is 8.83. The molecule has 3 heteroatoms. The van der Waals surface area contributed by atoms with Gasteiger partial charge in [0.2, 0.25) is 0 Å². The highest BCUT2D eigenvalue weighted by Crippen LogP contribution is 2.43. The van der Waals surface area contributed by atoms with E-state index in [2.05, 4.69) is 175 Å². The molecule has 0 spiro atoms. The summed E-state index contributed by atoms with van der Waals surface area (Å²) in [5.41, 5.74) is 10.2. The quantitative estimate of drug-likeness (QED) is 0.172. The van der Waals surface area contributed by atoms with Crippen molar-refractivity contribution in [3.8, 4) is 33.5 Å². The van der Waals surface area contributed by atoms with E-state index in [4.69, 9.17) is 9.40 Å². The first-order valence-corrected chi connectivity index (χ1v) is 18.7. The average molecular weight is 699 g/mol. The van der Waals surface area contributed by atoms with Gasteiger partial charge in [-0.1, -0.05) is 133 Å². The Morgan fingerprint density at radius 3 is 1.76 bits per heavy atom. The second-order valence-electron chi connectivity index (χ2n) is 14.5. The minimum Gasteiger partial charge on any atom is -0.455 e. The molecular weight excluding hydrogens is 669 g/mol. The summed E-state index contributed by atoms with van der Waals surface area (Å²) in [6.45, 7) is 0. The monoisotopic (exact) mass is 698 g/mol. The zero-order valence-electron chi connectivity index (χ0n) is 29.6. The van der Waals surface area contributed by atoms with Crippen molar-refractivity contribution < 1.29 is 4.42 Å². The van der Waals surface area contributed by atoms with Gasteiger partial charge in [-0.2, -0.15) is 0 Å². The highest BCUT2D eigenvalue weighted by molar-refractivity contribution is 6.26. The third-order valence-electron chi connectivity index (χ3n) is 11.5. The van der Waals surface area contributed by atoms with Crippen LogP contribution in [0.15, 0.2) is 187 Å². The molecule has 0 aliphatic carbocycles. The predicted octanol–water partition coefficient (Wildman–Crippen LogP) is 14.3. The van der Waals surface area contributed by atoms with Crippen molar-refractivity contribution >= 4 is 86.8 Å². The van der Waals surface area contributed by atoms with Crippen LogP contribution in [0.4, 0.5) is 0 Å². The Labute approximate surface area is 315 Å². The third-order valence-corrected chi connectivity index (χ3v) is 11.5. The van der Waals surface area contributed by atoms with E-state index in [1.165, 1.54) is 48.8 Å². The fraction of sp³-hybridized carbons (Fsp3) is 0. The van der Waals surface area contributed by atoms with Crippen LogP contribution in [0.5, 0.6) is 0 Å². The first-order valence-electron chi connectivity index (χ1n) is 18.7. The summed E-state index contributed by atoms with van der Waals surface area (Å²) < 4.78 is 6.78. The molecule has 9 aromatic carbocycles. The summed E-state index contributed by atoms with van der Waals surface area (Å²) in [7, 11) is 0. The Balaban J connectivity index is 1.00. The molecule has 0 unspecified atom stereocenters. The van der Waals surface area contributed by atoms with Crippen molar-refractivity contribution in [2.24, 2.45) is 0 Å². The number of fused-ring (bicyclic) bond motifs is 14. The van der Waals surface area contributed by atoms with Crippen LogP contribution in [-0.4, -0.2) is 9.97 Å². The molecule has 254 valence electrons. The molecule has 55 heavy (non-hydrogen) atoms. The summed E-state index contributed by atoms with van der Waals surface area (Å²) >= 11 is 0. The van der Waals surface area contributed by atoms with Gasteiger partial charge in [-0.05, 0) is 102 Å². The van der Waals surface area contributed by atoms with Gasteiger partial charge < -0.3 is 4.42 Å². The van der Waals surface area contributed by atoms with Crippen molar-refractivity contribution in [3.63, 3.8) is 0 Å². The van der Waals surface area contributed by atoms with E-state index in [-0.39, 0.29) is 0 Å². The molecule has 0 amide bonds. The smallest absolute Gasteiger partial charge is 0.143 e. The number of aromatic nitrogens is 2. The SMILES string of the molecule is c1cc(-c2ccc3c(c2)oc2c4ccccc4c(-c4ccc5c6ccccc6c6ccccc6c5c4)cc32)cc(-c2ccc3ccc4cccnc4c3n2)c1. The third kappa shape index (κ3) is 4.57. The number of pyridine rings is 2. The summed E-state index contributed by atoms with van der Waals surface area (Å²) in [6.07, 6.45) is 1.83. The van der Waals surface area contributed by atoms with Crippen molar-refractivity contribution in [3.05, 3.63) is 182 Å². The van der Waals surface area contributed by atoms with Crippen LogP contribution >= 0.6 is 0 Å². The molecule has 12 aromatic rings. The van der Waals surface area contributed by atoms with Crippen LogP contribution < -0.4 is 0 Å². The Hall–Kier alpha value is -7.36. The van der Waals surface area contributed by atoms with E-state index >= 15 is 0 Å². The standard InChI is InChI=1S/C52H30N2O/c1-2-14-39-37(12-1)38-13-3-4-15-40(38)46-28-35(21-23-42(39)46)45-30-47-43-24-20-34(29-49(43)55-52(47)44-17-6-5-16-41(44)45)33-9-7-10-36(27-33)48-25-22-32-19-18-31-11-8-26-53-50(31)51(32)54-48/h1-30H. The number of furan rings is 1. The van der Waals surface area contributed by atoms with Gasteiger partial charge in [0.15, 0.2) is 0 Å². The molecule has 0 saturated heterocycles. The van der Waals surface area contributed by atoms with Gasteiger partial charge in [-0.25, -0.2) is 4.98 Å². The lowest BCUT2D eigenvalue weighted by Gasteiger charge is -2.13. The van der Waals surface area contributed by atoms with E-state index in [0.717, 1.165) is 71.5 Å². The van der Waals surface area contributed by atoms with Crippen molar-refractivity contribution in [1.82, 2.24) is 9.97 Å². The van der Waals surface area contributed by atoms with Gasteiger partial charge in [0.25, 0.3) is 0 Å². The zero-order chi connectivity index (χ0) is 36.0. The second-order valence-corrected chi connectivity index (χ2v) is 14.5. The Morgan fingerprint density at radius 2 is 0.964 bits per heavy atom. The molecule has 3 heterocycles. The van der Waals surface area contributed by atoms with E-state index in [1.807, 2.05) is 12.3 Å². The van der Waals surface area contributed by atoms with Crippen molar-refractivity contribution in [2.45, 2.75) is 0 Å². The Bertz CT molecular complexity index is 3520. The number of hydrogen-bond acceptors (Lipinski definition) is 3. The second kappa shape index (κ2) is 11.6. The summed E-state index contributed by atoms with van der Waals surface area (Å²) in [5, 5.41) is 14.4. The molecule has 0 bridgehead atoms. The number of hydrogen-bond donors (Lipinski definition) is 0. The van der Waals surface area contributed by atoms with Crippen LogP contribution in [0.3, 0.4) is 0 Å². The van der Waals surface area contributed by atoms with Crippen molar-refractivity contribution in [1.29, 1.82) is 0 Å². The average Bonchev–Trinajstić information content (AvgIpc) is 3.64. The number of benzene rings is 9. The predicted molar refractivity (Wildman–Crippen MR) is 231 cm³/mol. The zero-order valence-corrected chi connectivity index (χ0v) is 29.6. The first-order chi connectivity index (χ1) is 27.2. The van der Waals surface area contributed by atoms with Crippen LogP contribution in [0.1, 0.15) is 0 Å². The van der Waals surface area contributed by atoms with Crippen LogP contribution in [0.2, 0.25) is 0 Å². The van der Waals surface area contributed by atoms with E-state index < -0.39 is 0 Å². The summed E-state index contributed by atoms with van der Waals surface area (Å²) in [6, 6.07) is 63.2. The van der Waals surface area contributed by atoms with Gasteiger partial charge in [0.05, 0.1) is 16.7 Å². The molecule has 0 radical (unpaired) electrons. The normalized spacial score (nSPS) is 12.0. The van der Waals surface area contributed by atoms with Crippen LogP contribution in [-0.2, 0) is 0 Å². The van der Waals surface area contributed by atoms with Gasteiger partial charge in [-0.3, -0.25) is 4.98 Å². The highest BCUT2D eigenvalue weighted by Gasteiger charge is 2.17. The fourth-order valence-electron chi connectivity index (χ4n) is 8.83. The maximum absolute atomic E-state index is 6.78. The van der Waals surface area contributed by atoms with E-state index in [9.17, 15) is 0 Å². The minimum absolute atomic E-state index is 0.873. The lowest BCUT2D eigenvalue weighted by atomic mass is 9.90. The molecule has 12 rings (SSSR count). The van der Waals surface area contributed by atoms with Gasteiger partial charge in [0.1, 0.15) is 11.2 Å². The maximum Gasteiger partial charge on any atom is 0.143 e. The van der Waals surface area contributed by atoms with E-state index in [1.54, 1.807) is 0 Å². The highest BCUT2D eigenvalue weighted by atomic mass is 16.3. The number of nitrogens with zero attached hydrogens (tertiary/aromatic N) is 2. The molecule has 0 aliphatic heterocycles. The lowest BCUT2D eigenvalue weighted by molar-refractivity contribution is 0.673. The number of rotatable bonds is 3. The van der Waals surface area contributed by atoms with Gasteiger partial charge in [0, 0.05) is 38.7 Å². The van der Waals surface area contributed by atoms with Gasteiger partial charge >= 0.3 is 0 Å². The van der Waals surface area contributed by atoms with Crippen molar-refractivity contribution in [2.75, 3.05) is 0 Å². The van der Waals surface area contributed by atoms with E-state index in [0.29, 0.717) is 0 Å². The molecule has 3 nitrogen and oxygen atoms in total. The molecule has 0 atom stereocenters. The molecule has 0 aliphatic rings.